The van der Waals surface area contributed by atoms with Crippen molar-refractivity contribution in [3.63, 3.8) is 0 Å². The number of hydrogen-bond acceptors (Lipinski definition) is 6. The van der Waals surface area contributed by atoms with Crippen LogP contribution in [-0.4, -0.2) is 36.3 Å². The van der Waals surface area contributed by atoms with Crippen LogP contribution in [-0.2, 0) is 23.0 Å². The standard InChI is InChI=1S/C32H31BrN4O5S/c1-4-11-27-35-20(3)30(32(39)34-5-2)37(27)18-25-22-16-17-42-19-26(22)29(33)28(25)23-14-9-10-15-24(23)31(38)36-43(40,41)21-12-7-6-8-13-21/h6-10,12-17,19H,4-5,11,18H2,1-3H3,(H,34,39)(H,36,38). The Morgan fingerprint density at radius 1 is 0.953 bits per heavy atom. The molecule has 1 aliphatic carbocycles. The maximum atomic E-state index is 13.6. The maximum Gasteiger partial charge on any atom is 0.269 e. The van der Waals surface area contributed by atoms with Crippen molar-refractivity contribution < 1.29 is 22.4 Å². The molecule has 9 nitrogen and oxygen atoms in total. The molecular weight excluding hydrogens is 632 g/mol. The number of nitrogens with zero attached hydrogens (tertiary/aromatic N) is 2. The highest BCUT2D eigenvalue weighted by Crippen LogP contribution is 2.47. The van der Waals surface area contributed by atoms with Crippen molar-refractivity contribution in [3.8, 4) is 22.3 Å². The highest BCUT2D eigenvalue weighted by Gasteiger charge is 2.30. The lowest BCUT2D eigenvalue weighted by Crippen LogP contribution is -2.31. The van der Waals surface area contributed by atoms with E-state index < -0.39 is 15.9 Å². The van der Waals surface area contributed by atoms with Crippen LogP contribution in [0, 0.1) is 6.92 Å². The number of nitrogens with one attached hydrogen (secondary N) is 2. The smallest absolute Gasteiger partial charge is 0.269 e. The fourth-order valence-electron chi connectivity index (χ4n) is 5.29. The number of aryl methyl sites for hydroxylation is 2. The SMILES string of the molecule is CCCc1nc(C)c(C(=O)NCC)n1Cc1c2ccocc-2c(Br)c1-c1ccccc1C(=O)NS(=O)(=O)c1ccccc1. The van der Waals surface area contributed by atoms with Crippen molar-refractivity contribution in [3.05, 3.63) is 106 Å². The molecule has 0 atom stereocenters. The van der Waals surface area contributed by atoms with Crippen molar-refractivity contribution >= 4 is 37.8 Å². The van der Waals surface area contributed by atoms with Gasteiger partial charge in [0.1, 0.15) is 11.5 Å². The number of benzene rings is 2. The first kappa shape index (κ1) is 30.2. The Balaban J connectivity index is 1.67. The van der Waals surface area contributed by atoms with E-state index >= 15 is 0 Å². The number of rotatable bonds is 10. The van der Waals surface area contributed by atoms with E-state index in [0.29, 0.717) is 40.0 Å². The number of hydrogen-bond donors (Lipinski definition) is 2. The molecule has 1 aromatic heterocycles. The quantitative estimate of drug-likeness (QED) is 0.184. The molecule has 2 aromatic carbocycles. The van der Waals surface area contributed by atoms with E-state index in [0.717, 1.165) is 28.9 Å². The Morgan fingerprint density at radius 3 is 2.40 bits per heavy atom. The van der Waals surface area contributed by atoms with Gasteiger partial charge in [-0.3, -0.25) is 9.59 Å². The minimum absolute atomic E-state index is 0.0137. The van der Waals surface area contributed by atoms with E-state index in [4.69, 9.17) is 9.40 Å². The second kappa shape index (κ2) is 12.6. The first-order valence-electron chi connectivity index (χ1n) is 13.9. The van der Waals surface area contributed by atoms with Crippen molar-refractivity contribution in [2.75, 3.05) is 6.54 Å². The van der Waals surface area contributed by atoms with Gasteiger partial charge >= 0.3 is 0 Å². The predicted octanol–water partition coefficient (Wildman–Crippen LogP) is 6.19. The fourth-order valence-corrected chi connectivity index (χ4v) is 7.04. The molecule has 3 aromatic rings. The normalized spacial score (nSPS) is 11.5. The van der Waals surface area contributed by atoms with Crippen LogP contribution in [0.4, 0.5) is 0 Å². The molecule has 43 heavy (non-hydrogen) atoms. The molecular formula is C32H31BrN4O5S. The lowest BCUT2D eigenvalue weighted by Gasteiger charge is -2.16. The third-order valence-corrected chi connectivity index (χ3v) is 9.33. The highest BCUT2D eigenvalue weighted by atomic mass is 79.9. The van der Waals surface area contributed by atoms with E-state index in [9.17, 15) is 18.0 Å². The predicted molar refractivity (Wildman–Crippen MR) is 168 cm³/mol. The Morgan fingerprint density at radius 2 is 1.67 bits per heavy atom. The van der Waals surface area contributed by atoms with Gasteiger partial charge < -0.3 is 14.3 Å². The minimum atomic E-state index is -4.11. The van der Waals surface area contributed by atoms with Gasteiger partial charge in [0.2, 0.25) is 0 Å². The number of imidazole rings is 1. The van der Waals surface area contributed by atoms with Crippen molar-refractivity contribution in [1.82, 2.24) is 19.6 Å². The Kier molecular flexibility index (Phi) is 8.84. The number of fused-ring (bicyclic) bond motifs is 1. The van der Waals surface area contributed by atoms with Crippen LogP contribution in [0.3, 0.4) is 0 Å². The maximum absolute atomic E-state index is 13.6. The molecule has 1 aliphatic heterocycles. The molecule has 5 rings (SSSR count). The number of halogens is 1. The van der Waals surface area contributed by atoms with Gasteiger partial charge in [-0.1, -0.05) is 43.3 Å². The van der Waals surface area contributed by atoms with Gasteiger partial charge in [0.15, 0.2) is 0 Å². The van der Waals surface area contributed by atoms with Crippen LogP contribution in [0.5, 0.6) is 0 Å². The molecule has 0 spiro atoms. The van der Waals surface area contributed by atoms with E-state index in [1.807, 2.05) is 24.5 Å². The second-order valence-corrected chi connectivity index (χ2v) is 12.5. The zero-order valence-corrected chi connectivity index (χ0v) is 26.4. The van der Waals surface area contributed by atoms with Gasteiger partial charge in [-0.15, -0.1) is 0 Å². The van der Waals surface area contributed by atoms with Gasteiger partial charge in [-0.2, -0.15) is 0 Å². The largest absolute Gasteiger partial charge is 0.472 e. The van der Waals surface area contributed by atoms with Crippen LogP contribution in [0.2, 0.25) is 0 Å². The minimum Gasteiger partial charge on any atom is -0.472 e. The zero-order chi connectivity index (χ0) is 30.7. The van der Waals surface area contributed by atoms with Crippen LogP contribution >= 0.6 is 15.9 Å². The van der Waals surface area contributed by atoms with Crippen LogP contribution in [0.1, 0.15) is 58.2 Å². The number of carbonyl (C=O) groups is 2. The Bertz CT molecular complexity index is 1880. The van der Waals surface area contributed by atoms with Crippen LogP contribution in [0.25, 0.3) is 22.3 Å². The summed E-state index contributed by atoms with van der Waals surface area (Å²) >= 11 is 3.75. The molecule has 0 fully saturated rings. The molecule has 2 heterocycles. The Hall–Kier alpha value is -4.22. The molecule has 0 saturated heterocycles. The first-order chi connectivity index (χ1) is 20.7. The average molecular weight is 664 g/mol. The molecule has 0 bridgehead atoms. The first-order valence-corrected chi connectivity index (χ1v) is 16.2. The summed E-state index contributed by atoms with van der Waals surface area (Å²) in [7, 11) is -4.11. The van der Waals surface area contributed by atoms with E-state index in [1.165, 1.54) is 12.1 Å². The fraction of sp³-hybridized carbons (Fsp3) is 0.219. The molecule has 0 radical (unpaired) electrons. The van der Waals surface area contributed by atoms with Gasteiger partial charge in [-0.25, -0.2) is 18.1 Å². The topological polar surface area (TPSA) is 123 Å². The highest BCUT2D eigenvalue weighted by molar-refractivity contribution is 9.10. The molecule has 2 N–H and O–H groups in total. The van der Waals surface area contributed by atoms with Gasteiger partial charge in [0.25, 0.3) is 21.8 Å². The number of carbonyl (C=O) groups excluding carboxylic acids is 2. The lowest BCUT2D eigenvalue weighted by molar-refractivity contribution is 0.0944. The Labute approximate surface area is 258 Å². The molecule has 0 saturated carbocycles. The summed E-state index contributed by atoms with van der Waals surface area (Å²) in [6.45, 7) is 6.50. The van der Waals surface area contributed by atoms with Crippen molar-refractivity contribution in [2.24, 2.45) is 0 Å². The molecule has 2 aliphatic rings. The average Bonchev–Trinajstić information content (AvgIpc) is 3.46. The summed E-state index contributed by atoms with van der Waals surface area (Å²) in [5.74, 6) is -0.203. The van der Waals surface area contributed by atoms with Gasteiger partial charge in [0, 0.05) is 34.1 Å². The van der Waals surface area contributed by atoms with Gasteiger partial charge in [0.05, 0.1) is 29.7 Å². The van der Waals surface area contributed by atoms with Crippen molar-refractivity contribution in [2.45, 2.75) is 45.1 Å². The second-order valence-electron chi connectivity index (χ2n) is 10.0. The third-order valence-electron chi connectivity index (χ3n) is 7.16. The van der Waals surface area contributed by atoms with Crippen LogP contribution < -0.4 is 10.0 Å². The molecule has 11 heteroatoms. The van der Waals surface area contributed by atoms with Crippen molar-refractivity contribution in [1.29, 1.82) is 0 Å². The number of amides is 2. The zero-order valence-electron chi connectivity index (χ0n) is 24.0. The van der Waals surface area contributed by atoms with Crippen LogP contribution in [0.15, 0.2) is 87.0 Å². The summed E-state index contributed by atoms with van der Waals surface area (Å²) < 4.78 is 36.4. The number of sulfonamides is 1. The van der Waals surface area contributed by atoms with E-state index in [1.54, 1.807) is 55.0 Å². The monoisotopic (exact) mass is 662 g/mol. The third kappa shape index (κ3) is 5.87. The van der Waals surface area contributed by atoms with Gasteiger partial charge in [-0.05, 0) is 77.2 Å². The summed E-state index contributed by atoms with van der Waals surface area (Å²) in [5, 5.41) is 2.90. The van der Waals surface area contributed by atoms with E-state index in [-0.39, 0.29) is 22.9 Å². The lowest BCUT2D eigenvalue weighted by atomic mass is 9.97. The summed E-state index contributed by atoms with van der Waals surface area (Å²) in [4.78, 5) is 31.5. The number of aromatic nitrogens is 2. The molecule has 0 unspecified atom stereocenters. The summed E-state index contributed by atoms with van der Waals surface area (Å²) in [6, 6.07) is 16.4. The van der Waals surface area contributed by atoms with E-state index in [2.05, 4.69) is 32.9 Å². The summed E-state index contributed by atoms with van der Waals surface area (Å²) in [5.41, 5.74) is 4.95. The molecule has 2 amide bonds. The molecule has 222 valence electrons. The summed E-state index contributed by atoms with van der Waals surface area (Å²) in [6.07, 6.45) is 4.69.